The van der Waals surface area contributed by atoms with Gasteiger partial charge in [-0.2, -0.15) is 5.10 Å². The zero-order chi connectivity index (χ0) is 20.3. The van der Waals surface area contributed by atoms with Crippen LogP contribution in [0, 0.1) is 0 Å². The van der Waals surface area contributed by atoms with Gasteiger partial charge in [0, 0.05) is 11.4 Å². The molecule has 0 saturated heterocycles. The summed E-state index contributed by atoms with van der Waals surface area (Å²) in [4.78, 5) is 0. The van der Waals surface area contributed by atoms with Crippen molar-refractivity contribution in [3.8, 4) is 0 Å². The zero-order valence-electron chi connectivity index (χ0n) is 16.6. The molecule has 0 unspecified atom stereocenters. The van der Waals surface area contributed by atoms with Crippen LogP contribution in [0.4, 0.5) is 17.1 Å². The van der Waals surface area contributed by atoms with Gasteiger partial charge in [0.25, 0.3) is 0 Å². The normalized spacial score (nSPS) is 11.7. The van der Waals surface area contributed by atoms with Gasteiger partial charge in [-0.1, -0.05) is 67.3 Å². The highest BCUT2D eigenvalue weighted by Gasteiger charge is 2.07. The van der Waals surface area contributed by atoms with Crippen molar-refractivity contribution < 1.29 is 0 Å². The van der Waals surface area contributed by atoms with Crippen LogP contribution >= 0.6 is 0 Å². The van der Waals surface area contributed by atoms with Crippen molar-refractivity contribution in [1.82, 2.24) is 0 Å². The lowest BCUT2D eigenvalue weighted by Crippen LogP contribution is -2.14. The molecule has 0 aromatic heterocycles. The Bertz CT molecular complexity index is 985. The Hall–Kier alpha value is -3.85. The van der Waals surface area contributed by atoms with E-state index in [1.54, 1.807) is 6.08 Å². The number of hydrogen-bond donors (Lipinski definition) is 1. The van der Waals surface area contributed by atoms with Gasteiger partial charge >= 0.3 is 0 Å². The van der Waals surface area contributed by atoms with Crippen molar-refractivity contribution in [1.29, 1.82) is 0 Å². The molecule has 0 aliphatic rings. The van der Waals surface area contributed by atoms with Gasteiger partial charge in [-0.25, -0.2) is 5.01 Å². The van der Waals surface area contributed by atoms with E-state index in [9.17, 15) is 0 Å². The lowest BCUT2D eigenvalue weighted by molar-refractivity contribution is 1.03. The van der Waals surface area contributed by atoms with E-state index in [-0.39, 0.29) is 0 Å². The fourth-order valence-electron chi connectivity index (χ4n) is 2.74. The number of hydrazone groups is 1. The number of rotatable bonds is 8. The molecule has 0 atom stereocenters. The van der Waals surface area contributed by atoms with Crippen LogP contribution in [-0.4, -0.2) is 6.21 Å². The van der Waals surface area contributed by atoms with Crippen molar-refractivity contribution in [2.45, 2.75) is 6.92 Å². The summed E-state index contributed by atoms with van der Waals surface area (Å²) in [5, 5.41) is 9.98. The monoisotopic (exact) mass is 379 g/mol. The second kappa shape index (κ2) is 10.5. The maximum atomic E-state index is 4.72. The van der Waals surface area contributed by atoms with Crippen LogP contribution in [-0.2, 0) is 0 Å². The molecule has 0 fully saturated rings. The van der Waals surface area contributed by atoms with Gasteiger partial charge in [0.2, 0.25) is 0 Å². The predicted molar refractivity (Wildman–Crippen MR) is 126 cm³/mol. The van der Waals surface area contributed by atoms with E-state index in [0.717, 1.165) is 28.3 Å². The number of benzene rings is 3. The van der Waals surface area contributed by atoms with E-state index in [1.165, 1.54) is 0 Å². The third-order valence-electron chi connectivity index (χ3n) is 4.21. The molecule has 0 bridgehead atoms. The summed E-state index contributed by atoms with van der Waals surface area (Å²) >= 11 is 0. The highest BCUT2D eigenvalue weighted by Crippen LogP contribution is 2.21. The molecular weight excluding hydrogens is 354 g/mol. The van der Waals surface area contributed by atoms with Crippen LogP contribution in [0.15, 0.2) is 127 Å². The molecule has 0 spiro atoms. The van der Waals surface area contributed by atoms with Gasteiger partial charge in [0.1, 0.15) is 0 Å². The largest absolute Gasteiger partial charge is 0.356 e. The number of allylic oxidation sites excluding steroid dienone is 4. The van der Waals surface area contributed by atoms with Crippen LogP contribution in [0.5, 0.6) is 0 Å². The van der Waals surface area contributed by atoms with Crippen molar-refractivity contribution in [2.24, 2.45) is 5.10 Å². The van der Waals surface area contributed by atoms with Crippen molar-refractivity contribution in [2.75, 3.05) is 10.3 Å². The average Bonchev–Trinajstić information content (AvgIpc) is 2.78. The fraction of sp³-hybridized carbons (Fsp3) is 0.0385. The quantitative estimate of drug-likeness (QED) is 0.261. The van der Waals surface area contributed by atoms with Gasteiger partial charge in [-0.15, -0.1) is 0 Å². The van der Waals surface area contributed by atoms with Crippen LogP contribution in [0.1, 0.15) is 12.5 Å². The zero-order valence-corrected chi connectivity index (χ0v) is 16.6. The summed E-state index contributed by atoms with van der Waals surface area (Å²) in [6.45, 7) is 5.93. The first-order valence-corrected chi connectivity index (χ1v) is 9.57. The first-order chi connectivity index (χ1) is 14.3. The molecule has 3 rings (SSSR count). The molecule has 0 aliphatic carbocycles. The minimum absolute atomic E-state index is 0.896. The maximum Gasteiger partial charge on any atom is 0.0652 e. The average molecular weight is 380 g/mol. The highest BCUT2D eigenvalue weighted by atomic mass is 15.5. The smallest absolute Gasteiger partial charge is 0.0652 e. The summed E-state index contributed by atoms with van der Waals surface area (Å²) in [5.41, 5.74) is 4.98. The molecule has 3 nitrogen and oxygen atoms in total. The van der Waals surface area contributed by atoms with E-state index in [1.807, 2.05) is 121 Å². The summed E-state index contributed by atoms with van der Waals surface area (Å²) in [6, 6.07) is 28.3. The van der Waals surface area contributed by atoms with E-state index in [4.69, 9.17) is 5.10 Å². The predicted octanol–water partition coefficient (Wildman–Crippen LogP) is 6.92. The molecule has 3 aromatic rings. The van der Waals surface area contributed by atoms with Crippen molar-refractivity contribution in [3.05, 3.63) is 127 Å². The van der Waals surface area contributed by atoms with E-state index < -0.39 is 0 Å². The molecular formula is C26H25N3. The standard InChI is InChI=1S/C26H25N3/c1-3-5-14-25(4-2)29(26-15-10-7-11-16-26)27-21-22-17-19-24(20-18-22)28-23-12-8-6-9-13-23/h3-21,28H,2H2,1H3/b5-3-,25-14+,27-21?. The number of para-hydroxylation sites is 2. The Balaban J connectivity index is 1.81. The van der Waals surface area contributed by atoms with Crippen LogP contribution in [0.3, 0.4) is 0 Å². The SMILES string of the molecule is C=C/C(=C\C=C/C)N(N=Cc1ccc(Nc2ccccc2)cc1)c1ccccc1. The first-order valence-electron chi connectivity index (χ1n) is 9.57. The molecule has 1 N–H and O–H groups in total. The van der Waals surface area contributed by atoms with E-state index >= 15 is 0 Å². The maximum absolute atomic E-state index is 4.72. The highest BCUT2D eigenvalue weighted by molar-refractivity contribution is 5.82. The van der Waals surface area contributed by atoms with Gasteiger partial charge in [-0.05, 0) is 61.0 Å². The molecule has 0 saturated carbocycles. The van der Waals surface area contributed by atoms with Crippen molar-refractivity contribution in [3.63, 3.8) is 0 Å². The number of nitrogens with one attached hydrogen (secondary N) is 1. The Morgan fingerprint density at radius 1 is 0.862 bits per heavy atom. The number of nitrogens with zero attached hydrogens (tertiary/aromatic N) is 2. The van der Waals surface area contributed by atoms with Gasteiger partial charge in [0.05, 0.1) is 17.6 Å². The molecule has 3 aromatic carbocycles. The Labute approximate surface area is 173 Å². The summed E-state index contributed by atoms with van der Waals surface area (Å²) < 4.78 is 0. The molecule has 3 heteroatoms. The van der Waals surface area contributed by atoms with Gasteiger partial charge in [0.15, 0.2) is 0 Å². The van der Waals surface area contributed by atoms with E-state index in [2.05, 4.69) is 11.9 Å². The van der Waals surface area contributed by atoms with Gasteiger partial charge < -0.3 is 5.32 Å². The number of anilines is 3. The second-order valence-electron chi connectivity index (χ2n) is 6.33. The topological polar surface area (TPSA) is 27.6 Å². The van der Waals surface area contributed by atoms with Crippen LogP contribution in [0.25, 0.3) is 0 Å². The second-order valence-corrected chi connectivity index (χ2v) is 6.33. The third kappa shape index (κ3) is 5.81. The first kappa shape index (κ1) is 19.9. The fourth-order valence-corrected chi connectivity index (χ4v) is 2.74. The lowest BCUT2D eigenvalue weighted by Gasteiger charge is -2.20. The third-order valence-corrected chi connectivity index (χ3v) is 4.21. The Morgan fingerprint density at radius 2 is 1.48 bits per heavy atom. The molecule has 144 valence electrons. The molecule has 29 heavy (non-hydrogen) atoms. The molecule has 0 heterocycles. The number of hydrogen-bond acceptors (Lipinski definition) is 3. The Morgan fingerprint density at radius 3 is 2.10 bits per heavy atom. The lowest BCUT2D eigenvalue weighted by atomic mass is 10.2. The van der Waals surface area contributed by atoms with E-state index in [0.29, 0.717) is 0 Å². The summed E-state index contributed by atoms with van der Waals surface area (Å²) in [7, 11) is 0. The molecule has 0 amide bonds. The summed E-state index contributed by atoms with van der Waals surface area (Å²) in [6.07, 6.45) is 9.61. The Kier molecular flexibility index (Phi) is 7.19. The van der Waals surface area contributed by atoms with Crippen molar-refractivity contribution >= 4 is 23.3 Å². The summed E-state index contributed by atoms with van der Waals surface area (Å²) in [5.74, 6) is 0. The molecule has 0 radical (unpaired) electrons. The van der Waals surface area contributed by atoms with Gasteiger partial charge in [-0.3, -0.25) is 0 Å². The molecule has 0 aliphatic heterocycles. The minimum Gasteiger partial charge on any atom is -0.356 e. The van der Waals surface area contributed by atoms with Crippen LogP contribution < -0.4 is 10.3 Å². The van der Waals surface area contributed by atoms with Crippen LogP contribution in [0.2, 0.25) is 0 Å². The minimum atomic E-state index is 0.896.